The average molecular weight is 303 g/mol. The molecule has 1 N–H and O–H groups in total. The second-order valence-corrected chi connectivity index (χ2v) is 8.47. The Morgan fingerprint density at radius 3 is 2.83 bits per heavy atom. The van der Waals surface area contributed by atoms with Gasteiger partial charge in [-0.3, -0.25) is 0 Å². The van der Waals surface area contributed by atoms with Crippen molar-refractivity contribution < 1.29 is 0 Å². The summed E-state index contributed by atoms with van der Waals surface area (Å²) in [6.07, 6.45) is 1.07. The Balaban J connectivity index is 2.02. The average Bonchev–Trinajstić information content (AvgIpc) is 2.75. The number of hydrogen-bond acceptors (Lipinski definition) is 5. The zero-order chi connectivity index (χ0) is 13.0. The van der Waals surface area contributed by atoms with E-state index in [2.05, 4.69) is 60.0 Å². The number of hydrogen-bond donors (Lipinski definition) is 1. The topological polar surface area (TPSA) is 24.9 Å². The number of aromatic nitrogens is 1. The normalized spacial score (nSPS) is 26.2. The molecule has 2 heterocycles. The van der Waals surface area contributed by atoms with Crippen LogP contribution in [0.3, 0.4) is 0 Å². The first kappa shape index (κ1) is 14.7. The van der Waals surface area contributed by atoms with Crippen LogP contribution in [0.2, 0.25) is 0 Å². The van der Waals surface area contributed by atoms with Crippen LogP contribution in [0.5, 0.6) is 0 Å². The van der Waals surface area contributed by atoms with Crippen LogP contribution >= 0.6 is 34.9 Å². The highest BCUT2D eigenvalue weighted by molar-refractivity contribution is 8.07. The summed E-state index contributed by atoms with van der Waals surface area (Å²) in [5.41, 5.74) is 1.26. The summed E-state index contributed by atoms with van der Waals surface area (Å²) in [4.78, 5) is 4.62. The van der Waals surface area contributed by atoms with Gasteiger partial charge < -0.3 is 5.32 Å². The minimum absolute atomic E-state index is 0.560. The molecule has 0 saturated carbocycles. The highest BCUT2D eigenvalue weighted by Crippen LogP contribution is 2.34. The van der Waals surface area contributed by atoms with E-state index in [1.165, 1.54) is 22.2 Å². The number of thiazole rings is 1. The number of aryl methyl sites for hydroxylation is 1. The van der Waals surface area contributed by atoms with Gasteiger partial charge in [0.25, 0.3) is 0 Å². The number of nitrogens with zero attached hydrogens (tertiary/aromatic N) is 1. The van der Waals surface area contributed by atoms with Crippen LogP contribution < -0.4 is 5.32 Å². The zero-order valence-electron chi connectivity index (χ0n) is 11.3. The molecule has 0 radical (unpaired) electrons. The molecule has 2 rings (SSSR count). The SMILES string of the molecule is CCNC(Cc1csc(C)n1)C1SCCSC1C. The van der Waals surface area contributed by atoms with E-state index in [1.807, 2.05) is 0 Å². The Labute approximate surface area is 123 Å². The van der Waals surface area contributed by atoms with Crippen molar-refractivity contribution in [3.05, 3.63) is 16.1 Å². The lowest BCUT2D eigenvalue weighted by atomic mass is 10.1. The molecule has 3 atom stereocenters. The van der Waals surface area contributed by atoms with Gasteiger partial charge >= 0.3 is 0 Å². The van der Waals surface area contributed by atoms with Crippen molar-refractivity contribution in [2.24, 2.45) is 0 Å². The van der Waals surface area contributed by atoms with Gasteiger partial charge in [-0.2, -0.15) is 23.5 Å². The fraction of sp³-hybridized carbons (Fsp3) is 0.769. The van der Waals surface area contributed by atoms with Crippen LogP contribution in [0.1, 0.15) is 24.5 Å². The Kier molecular flexibility index (Phi) is 5.86. The fourth-order valence-electron chi connectivity index (χ4n) is 2.39. The second kappa shape index (κ2) is 7.17. The van der Waals surface area contributed by atoms with Gasteiger partial charge in [-0.25, -0.2) is 4.98 Å². The molecule has 18 heavy (non-hydrogen) atoms. The third kappa shape index (κ3) is 3.89. The maximum Gasteiger partial charge on any atom is 0.0897 e. The van der Waals surface area contributed by atoms with Crippen LogP contribution in [0.25, 0.3) is 0 Å². The van der Waals surface area contributed by atoms with E-state index in [0.29, 0.717) is 11.3 Å². The summed E-state index contributed by atoms with van der Waals surface area (Å²) in [6, 6.07) is 0.560. The van der Waals surface area contributed by atoms with Crippen LogP contribution in [-0.2, 0) is 6.42 Å². The van der Waals surface area contributed by atoms with E-state index in [4.69, 9.17) is 0 Å². The third-order valence-corrected chi connectivity index (χ3v) is 7.27. The zero-order valence-corrected chi connectivity index (χ0v) is 13.8. The Morgan fingerprint density at radius 1 is 1.44 bits per heavy atom. The largest absolute Gasteiger partial charge is 0.313 e. The Bertz CT molecular complexity index is 367. The summed E-state index contributed by atoms with van der Waals surface area (Å²) in [7, 11) is 0. The monoisotopic (exact) mass is 302 g/mol. The summed E-state index contributed by atoms with van der Waals surface area (Å²) in [5.74, 6) is 2.59. The highest BCUT2D eigenvalue weighted by atomic mass is 32.2. The van der Waals surface area contributed by atoms with Gasteiger partial charge in [0.05, 0.1) is 10.7 Å². The van der Waals surface area contributed by atoms with E-state index >= 15 is 0 Å². The smallest absolute Gasteiger partial charge is 0.0897 e. The van der Waals surface area contributed by atoms with Crippen molar-refractivity contribution in [2.45, 2.75) is 43.7 Å². The minimum atomic E-state index is 0.560. The maximum absolute atomic E-state index is 4.62. The molecule has 1 aromatic heterocycles. The number of nitrogens with one attached hydrogen (secondary N) is 1. The third-order valence-electron chi connectivity index (χ3n) is 3.20. The molecule has 5 heteroatoms. The van der Waals surface area contributed by atoms with E-state index in [0.717, 1.165) is 18.2 Å². The molecule has 0 amide bonds. The van der Waals surface area contributed by atoms with Gasteiger partial charge in [-0.1, -0.05) is 13.8 Å². The lowest BCUT2D eigenvalue weighted by Gasteiger charge is -2.34. The lowest BCUT2D eigenvalue weighted by molar-refractivity contribution is 0.497. The molecule has 0 bridgehead atoms. The summed E-state index contributed by atoms with van der Waals surface area (Å²) in [5, 5.41) is 8.52. The number of rotatable bonds is 5. The molecule has 0 aromatic carbocycles. The van der Waals surface area contributed by atoms with Crippen molar-refractivity contribution in [1.82, 2.24) is 10.3 Å². The van der Waals surface area contributed by atoms with Crippen LogP contribution in [0.4, 0.5) is 0 Å². The first-order valence-electron chi connectivity index (χ1n) is 6.58. The highest BCUT2D eigenvalue weighted by Gasteiger charge is 2.30. The fourth-order valence-corrected chi connectivity index (χ4v) is 5.97. The van der Waals surface area contributed by atoms with E-state index in [9.17, 15) is 0 Å². The van der Waals surface area contributed by atoms with Crippen LogP contribution in [0, 0.1) is 6.92 Å². The number of likely N-dealkylation sites (N-methyl/N-ethyl adjacent to an activating group) is 1. The van der Waals surface area contributed by atoms with Crippen LogP contribution in [-0.4, -0.2) is 39.6 Å². The van der Waals surface area contributed by atoms with Gasteiger partial charge in [-0.05, 0) is 13.5 Å². The molecular formula is C13H22N2S3. The molecule has 1 aliphatic rings. The quantitative estimate of drug-likeness (QED) is 0.903. The summed E-state index contributed by atoms with van der Waals surface area (Å²) >= 11 is 6.02. The van der Waals surface area contributed by atoms with Crippen LogP contribution in [0.15, 0.2) is 5.38 Å². The van der Waals surface area contributed by atoms with Crippen molar-refractivity contribution in [3.8, 4) is 0 Å². The van der Waals surface area contributed by atoms with Gasteiger partial charge in [-0.15, -0.1) is 11.3 Å². The summed E-state index contributed by atoms with van der Waals surface area (Å²) < 4.78 is 0. The molecule has 1 aliphatic heterocycles. The first-order valence-corrected chi connectivity index (χ1v) is 9.56. The van der Waals surface area contributed by atoms with E-state index in [-0.39, 0.29) is 0 Å². The minimum Gasteiger partial charge on any atom is -0.313 e. The van der Waals surface area contributed by atoms with Crippen molar-refractivity contribution in [1.29, 1.82) is 0 Å². The number of thioether (sulfide) groups is 2. The van der Waals surface area contributed by atoms with Gasteiger partial charge in [0.1, 0.15) is 0 Å². The molecule has 3 unspecified atom stereocenters. The molecular weight excluding hydrogens is 280 g/mol. The molecule has 0 aliphatic carbocycles. The molecule has 102 valence electrons. The standard InChI is InChI=1S/C13H22N2S3/c1-4-14-12(7-11-8-18-10(3)15-11)13-9(2)16-5-6-17-13/h8-9,12-14H,4-7H2,1-3H3. The molecule has 2 nitrogen and oxygen atoms in total. The van der Waals surface area contributed by atoms with E-state index in [1.54, 1.807) is 11.3 Å². The lowest BCUT2D eigenvalue weighted by Crippen LogP contribution is -2.45. The Morgan fingerprint density at radius 2 is 2.22 bits per heavy atom. The maximum atomic E-state index is 4.62. The van der Waals surface area contributed by atoms with Gasteiger partial charge in [0.15, 0.2) is 0 Å². The molecule has 0 spiro atoms. The van der Waals surface area contributed by atoms with Gasteiger partial charge in [0, 0.05) is 39.8 Å². The van der Waals surface area contributed by atoms with Crippen molar-refractivity contribution >= 4 is 34.9 Å². The predicted molar refractivity (Wildman–Crippen MR) is 86.2 cm³/mol. The molecule has 1 saturated heterocycles. The Hall–Kier alpha value is 0.290. The first-order chi connectivity index (χ1) is 8.70. The summed E-state index contributed by atoms with van der Waals surface area (Å²) in [6.45, 7) is 7.70. The predicted octanol–water partition coefficient (Wildman–Crippen LogP) is 3.21. The van der Waals surface area contributed by atoms with E-state index < -0.39 is 0 Å². The van der Waals surface area contributed by atoms with Gasteiger partial charge in [0.2, 0.25) is 0 Å². The van der Waals surface area contributed by atoms with Crippen molar-refractivity contribution in [3.63, 3.8) is 0 Å². The molecule has 1 fully saturated rings. The molecule has 1 aromatic rings. The van der Waals surface area contributed by atoms with Crippen molar-refractivity contribution in [2.75, 3.05) is 18.1 Å². The second-order valence-electron chi connectivity index (χ2n) is 4.64.